The molecule has 0 spiro atoms. The summed E-state index contributed by atoms with van der Waals surface area (Å²) in [6.07, 6.45) is 3.37. The van der Waals surface area contributed by atoms with Gasteiger partial charge in [-0.05, 0) is 47.9 Å². The number of aromatic hydroxyl groups is 1. The molecule has 4 aromatic rings. The van der Waals surface area contributed by atoms with Crippen LogP contribution < -0.4 is 10.6 Å². The highest BCUT2D eigenvalue weighted by atomic mass is 32.2. The molecule has 1 aromatic carbocycles. The summed E-state index contributed by atoms with van der Waals surface area (Å²) in [5, 5.41) is 17.6. The van der Waals surface area contributed by atoms with Gasteiger partial charge in [0, 0.05) is 13.1 Å². The van der Waals surface area contributed by atoms with Crippen LogP contribution in [-0.4, -0.2) is 49.6 Å². The Morgan fingerprint density at radius 1 is 1.08 bits per heavy atom. The summed E-state index contributed by atoms with van der Waals surface area (Å²) in [6, 6.07) is 6.33. The number of rotatable bonds is 8. The van der Waals surface area contributed by atoms with E-state index < -0.39 is 10.0 Å². The first-order valence-corrected chi connectivity index (χ1v) is 15.1. The predicted octanol–water partition coefficient (Wildman–Crippen LogP) is 5.63. The second-order valence-corrected chi connectivity index (χ2v) is 13.5. The normalized spacial score (nSPS) is 15.7. The van der Waals surface area contributed by atoms with Crippen LogP contribution in [0.5, 0.6) is 5.75 Å². The van der Waals surface area contributed by atoms with Gasteiger partial charge in [0.25, 0.3) is 0 Å². The summed E-state index contributed by atoms with van der Waals surface area (Å²) in [4.78, 5) is 9.11. The molecular weight excluding hydrogens is 538 g/mol. The number of furan rings is 1. The Bertz CT molecular complexity index is 1590. The quantitative estimate of drug-likeness (QED) is 0.227. The van der Waals surface area contributed by atoms with E-state index in [1.807, 2.05) is 6.07 Å². The number of nitrogens with one attached hydrogen (secondary N) is 2. The lowest BCUT2D eigenvalue weighted by Crippen LogP contribution is -2.28. The summed E-state index contributed by atoms with van der Waals surface area (Å²) in [5.74, 6) is 1.31. The van der Waals surface area contributed by atoms with Crippen LogP contribution in [0.15, 0.2) is 39.8 Å². The number of benzene rings is 1. The number of hydrogen-bond acceptors (Lipinski definition) is 11. The number of phenolic OH excluding ortho intramolecular Hbond substituents is 1. The molecule has 1 aliphatic heterocycles. The molecule has 0 radical (unpaired) electrons. The van der Waals surface area contributed by atoms with E-state index in [2.05, 4.69) is 64.0 Å². The fourth-order valence-electron chi connectivity index (χ4n) is 4.53. The highest BCUT2D eigenvalue weighted by Gasteiger charge is 2.33. The summed E-state index contributed by atoms with van der Waals surface area (Å²) < 4.78 is 42.2. The molecule has 13 heteroatoms. The van der Waals surface area contributed by atoms with Crippen LogP contribution in [0.4, 0.5) is 17.3 Å². The van der Waals surface area contributed by atoms with Crippen molar-refractivity contribution in [3.8, 4) is 5.75 Å². The zero-order valence-electron chi connectivity index (χ0n) is 22.6. The third-order valence-corrected chi connectivity index (χ3v) is 9.23. The number of aromatic nitrogens is 4. The monoisotopic (exact) mass is 571 g/mol. The minimum atomic E-state index is -3.84. The number of fused-ring (bicyclic) bond motifs is 1. The standard InChI is InChI=1S/C26H33N7O4S2/c1-15(2)16-13-18(37-14-16)21(26(3,4)5)28-23-22(29-24-25(30-23)32-38-31-24)27-17-9-8-10-19(20(17)34)39(35,36)33-11-6-7-12-33/h8-10,13-15,21,34H,6-7,11-12H2,1-5H3,(H,27,29,31)(H,28,30,32)/t21-/m0/s1. The summed E-state index contributed by atoms with van der Waals surface area (Å²) >= 11 is 0.994. The maximum atomic E-state index is 13.2. The van der Waals surface area contributed by atoms with E-state index in [4.69, 9.17) is 4.42 Å². The fraction of sp³-hybridized carbons (Fsp3) is 0.462. The van der Waals surface area contributed by atoms with Crippen molar-refractivity contribution in [3.63, 3.8) is 0 Å². The van der Waals surface area contributed by atoms with Crippen molar-refractivity contribution in [1.82, 2.24) is 23.0 Å². The van der Waals surface area contributed by atoms with Gasteiger partial charge in [-0.2, -0.15) is 13.1 Å². The van der Waals surface area contributed by atoms with Gasteiger partial charge in [0.1, 0.15) is 10.7 Å². The Kier molecular flexibility index (Phi) is 7.25. The van der Waals surface area contributed by atoms with Gasteiger partial charge in [-0.1, -0.05) is 40.7 Å². The molecule has 0 aliphatic carbocycles. The molecule has 0 saturated carbocycles. The zero-order chi connectivity index (χ0) is 27.9. The molecule has 1 fully saturated rings. The number of para-hydroxylation sites is 1. The van der Waals surface area contributed by atoms with Gasteiger partial charge in [0.05, 0.1) is 29.7 Å². The lowest BCUT2D eigenvalue weighted by Gasteiger charge is -2.30. The number of anilines is 3. The minimum absolute atomic E-state index is 0.155. The number of nitrogens with zero attached hydrogens (tertiary/aromatic N) is 5. The molecule has 0 bridgehead atoms. The maximum absolute atomic E-state index is 13.2. The van der Waals surface area contributed by atoms with Crippen molar-refractivity contribution in [2.75, 3.05) is 23.7 Å². The lowest BCUT2D eigenvalue weighted by molar-refractivity contribution is 0.303. The highest BCUT2D eigenvalue weighted by Crippen LogP contribution is 2.40. The van der Waals surface area contributed by atoms with Crippen molar-refractivity contribution in [2.24, 2.45) is 5.41 Å². The van der Waals surface area contributed by atoms with Crippen LogP contribution in [0.25, 0.3) is 11.3 Å². The Hall–Kier alpha value is -3.29. The Balaban J connectivity index is 1.54. The van der Waals surface area contributed by atoms with Crippen molar-refractivity contribution < 1.29 is 17.9 Å². The van der Waals surface area contributed by atoms with Crippen LogP contribution in [-0.2, 0) is 10.0 Å². The predicted molar refractivity (Wildman–Crippen MR) is 151 cm³/mol. The third kappa shape index (κ3) is 5.43. The first-order chi connectivity index (χ1) is 18.4. The number of hydrogen-bond donors (Lipinski definition) is 3. The van der Waals surface area contributed by atoms with Gasteiger partial charge in [-0.15, -0.1) is 0 Å². The number of sulfonamides is 1. The smallest absolute Gasteiger partial charge is 0.246 e. The van der Waals surface area contributed by atoms with Crippen LogP contribution in [0, 0.1) is 5.41 Å². The van der Waals surface area contributed by atoms with Crippen molar-refractivity contribution >= 4 is 50.4 Å². The van der Waals surface area contributed by atoms with Gasteiger partial charge < -0.3 is 20.2 Å². The second kappa shape index (κ2) is 10.4. The molecule has 5 rings (SSSR count). The molecule has 11 nitrogen and oxygen atoms in total. The van der Waals surface area contributed by atoms with E-state index in [1.165, 1.54) is 10.4 Å². The zero-order valence-corrected chi connectivity index (χ0v) is 24.2. The SMILES string of the molecule is CC(C)c1coc([C@H](Nc2nc3nsnc3nc2Nc2cccc(S(=O)(=O)N3CCCC3)c2O)C(C)(C)C)c1. The summed E-state index contributed by atoms with van der Waals surface area (Å²) in [5.41, 5.74) is 1.69. The first-order valence-electron chi connectivity index (χ1n) is 12.9. The summed E-state index contributed by atoms with van der Waals surface area (Å²) in [6.45, 7) is 11.3. The molecule has 1 saturated heterocycles. The lowest BCUT2D eigenvalue weighted by atomic mass is 9.85. The molecule has 3 aromatic heterocycles. The van der Waals surface area contributed by atoms with Gasteiger partial charge in [-0.25, -0.2) is 18.4 Å². The van der Waals surface area contributed by atoms with E-state index in [-0.39, 0.29) is 33.6 Å². The highest BCUT2D eigenvalue weighted by molar-refractivity contribution is 7.89. The van der Waals surface area contributed by atoms with E-state index >= 15 is 0 Å². The first kappa shape index (κ1) is 27.3. The second-order valence-electron chi connectivity index (χ2n) is 11.1. The topological polar surface area (TPSA) is 146 Å². The van der Waals surface area contributed by atoms with Crippen molar-refractivity contribution in [1.29, 1.82) is 0 Å². The van der Waals surface area contributed by atoms with Crippen LogP contribution in [0.2, 0.25) is 0 Å². The average Bonchev–Trinajstić information content (AvgIpc) is 3.64. The van der Waals surface area contributed by atoms with Crippen molar-refractivity contribution in [2.45, 2.75) is 64.3 Å². The minimum Gasteiger partial charge on any atom is -0.504 e. The molecule has 1 atom stereocenters. The largest absolute Gasteiger partial charge is 0.504 e. The van der Waals surface area contributed by atoms with Crippen LogP contribution in [0.1, 0.15) is 70.7 Å². The van der Waals surface area contributed by atoms with Crippen LogP contribution in [0.3, 0.4) is 0 Å². The van der Waals surface area contributed by atoms with E-state index in [9.17, 15) is 13.5 Å². The van der Waals surface area contributed by atoms with Gasteiger partial charge in [0.15, 0.2) is 17.4 Å². The van der Waals surface area contributed by atoms with Crippen molar-refractivity contribution in [3.05, 3.63) is 41.9 Å². The molecule has 4 heterocycles. The molecule has 208 valence electrons. The summed E-state index contributed by atoms with van der Waals surface area (Å²) in [7, 11) is -3.84. The third-order valence-electron chi connectivity index (χ3n) is 6.79. The number of phenols is 1. The van der Waals surface area contributed by atoms with Gasteiger partial charge in [-0.3, -0.25) is 0 Å². The van der Waals surface area contributed by atoms with Crippen LogP contribution >= 0.6 is 11.7 Å². The molecule has 0 unspecified atom stereocenters. The fourth-order valence-corrected chi connectivity index (χ4v) is 6.59. The Morgan fingerprint density at radius 3 is 2.36 bits per heavy atom. The molecule has 1 aliphatic rings. The maximum Gasteiger partial charge on any atom is 0.246 e. The van der Waals surface area contributed by atoms with E-state index in [0.29, 0.717) is 36.1 Å². The van der Waals surface area contributed by atoms with Gasteiger partial charge >= 0.3 is 0 Å². The molecular formula is C26H33N7O4S2. The Morgan fingerprint density at radius 2 is 1.74 bits per heavy atom. The van der Waals surface area contributed by atoms with E-state index in [1.54, 1.807) is 18.4 Å². The molecule has 39 heavy (non-hydrogen) atoms. The Labute approximate surface area is 232 Å². The van der Waals surface area contributed by atoms with E-state index in [0.717, 1.165) is 35.9 Å². The molecule has 0 amide bonds. The molecule has 3 N–H and O–H groups in total. The van der Waals surface area contributed by atoms with Gasteiger partial charge in [0.2, 0.25) is 21.3 Å². The average molecular weight is 572 g/mol.